The number of hydrogen-bond donors (Lipinski definition) is 1. The van der Waals surface area contributed by atoms with E-state index < -0.39 is 5.97 Å². The highest BCUT2D eigenvalue weighted by Gasteiger charge is 2.04. The van der Waals surface area contributed by atoms with E-state index in [1.807, 2.05) is 19.1 Å². The lowest BCUT2D eigenvalue weighted by molar-refractivity contribution is 0.0697. The van der Waals surface area contributed by atoms with Gasteiger partial charge >= 0.3 is 5.97 Å². The molecule has 0 saturated carbocycles. The van der Waals surface area contributed by atoms with E-state index in [0.717, 1.165) is 10.0 Å². The summed E-state index contributed by atoms with van der Waals surface area (Å²) in [5.74, 6) is -0.904. The monoisotopic (exact) mass is 240 g/mol. The van der Waals surface area contributed by atoms with Crippen molar-refractivity contribution < 1.29 is 9.90 Å². The van der Waals surface area contributed by atoms with Crippen LogP contribution in [0.1, 0.15) is 22.8 Å². The molecule has 0 saturated heterocycles. The maximum Gasteiger partial charge on any atom is 0.335 e. The number of rotatable bonds is 2. The summed E-state index contributed by atoms with van der Waals surface area (Å²) in [5, 5.41) is 8.73. The van der Waals surface area contributed by atoms with Crippen LogP contribution in [0.3, 0.4) is 0 Å². The van der Waals surface area contributed by atoms with Crippen LogP contribution in [-0.2, 0) is 0 Å². The molecule has 1 rings (SSSR count). The third-order valence-corrected chi connectivity index (χ3v) is 2.31. The van der Waals surface area contributed by atoms with E-state index in [-0.39, 0.29) is 0 Å². The zero-order valence-electron chi connectivity index (χ0n) is 7.12. The Morgan fingerprint density at radius 1 is 1.54 bits per heavy atom. The maximum atomic E-state index is 10.6. The molecule has 0 heterocycles. The van der Waals surface area contributed by atoms with E-state index in [1.54, 1.807) is 18.2 Å². The van der Waals surface area contributed by atoms with Gasteiger partial charge in [0.15, 0.2) is 0 Å². The van der Waals surface area contributed by atoms with Gasteiger partial charge in [-0.3, -0.25) is 0 Å². The molecule has 1 aromatic rings. The third-order valence-electron chi connectivity index (χ3n) is 1.59. The van der Waals surface area contributed by atoms with Gasteiger partial charge in [-0.1, -0.05) is 28.1 Å². The van der Waals surface area contributed by atoms with Crippen molar-refractivity contribution in [2.75, 3.05) is 0 Å². The average molecular weight is 241 g/mol. The Bertz CT molecular complexity index is 356. The molecule has 1 aromatic carbocycles. The van der Waals surface area contributed by atoms with Crippen molar-refractivity contribution in [2.24, 2.45) is 0 Å². The quantitative estimate of drug-likeness (QED) is 0.863. The summed E-state index contributed by atoms with van der Waals surface area (Å²) in [6.45, 7) is 1.89. The minimum atomic E-state index is -0.904. The number of benzene rings is 1. The normalized spacial score (nSPS) is 10.6. The summed E-state index contributed by atoms with van der Waals surface area (Å²) >= 11 is 3.34. The van der Waals surface area contributed by atoms with E-state index >= 15 is 0 Å². The predicted octanol–water partition coefficient (Wildman–Crippen LogP) is 3.18. The standard InChI is InChI=1S/C10H9BrO2/c1-2-3-7-6-8(10(12)13)4-5-9(7)11/h2-6H,1H3,(H,12,13)/b3-2+. The largest absolute Gasteiger partial charge is 0.478 e. The molecule has 0 aliphatic rings. The van der Waals surface area contributed by atoms with Gasteiger partial charge < -0.3 is 5.11 Å². The molecule has 0 spiro atoms. The first-order valence-corrected chi connectivity index (χ1v) is 4.60. The van der Waals surface area contributed by atoms with Crippen molar-refractivity contribution >= 4 is 28.0 Å². The van der Waals surface area contributed by atoms with E-state index in [9.17, 15) is 4.79 Å². The van der Waals surface area contributed by atoms with Crippen LogP contribution in [0.15, 0.2) is 28.7 Å². The van der Waals surface area contributed by atoms with Gasteiger partial charge in [0.25, 0.3) is 0 Å². The number of halogens is 1. The van der Waals surface area contributed by atoms with Crippen molar-refractivity contribution in [2.45, 2.75) is 6.92 Å². The first-order chi connectivity index (χ1) is 6.15. The molecule has 3 heteroatoms. The number of aromatic carboxylic acids is 1. The van der Waals surface area contributed by atoms with Gasteiger partial charge in [-0.15, -0.1) is 0 Å². The van der Waals surface area contributed by atoms with Gasteiger partial charge in [0.2, 0.25) is 0 Å². The maximum absolute atomic E-state index is 10.6. The molecule has 13 heavy (non-hydrogen) atoms. The Morgan fingerprint density at radius 2 is 2.23 bits per heavy atom. The van der Waals surface area contributed by atoms with Crippen molar-refractivity contribution in [3.63, 3.8) is 0 Å². The predicted molar refractivity (Wildman–Crippen MR) is 55.8 cm³/mol. The molecule has 1 N–H and O–H groups in total. The Kier molecular flexibility index (Phi) is 3.25. The van der Waals surface area contributed by atoms with Crippen LogP contribution in [0.2, 0.25) is 0 Å². The van der Waals surface area contributed by atoms with E-state index in [1.165, 1.54) is 0 Å². The number of carbonyl (C=O) groups is 1. The van der Waals surface area contributed by atoms with E-state index in [0.29, 0.717) is 5.56 Å². The number of allylic oxidation sites excluding steroid dienone is 1. The molecule has 0 fully saturated rings. The lowest BCUT2D eigenvalue weighted by Gasteiger charge is -1.99. The van der Waals surface area contributed by atoms with Gasteiger partial charge in [0, 0.05) is 4.47 Å². The molecule has 0 aromatic heterocycles. The van der Waals surface area contributed by atoms with Crippen molar-refractivity contribution in [1.82, 2.24) is 0 Å². The fourth-order valence-corrected chi connectivity index (χ4v) is 1.36. The second kappa shape index (κ2) is 4.23. The lowest BCUT2D eigenvalue weighted by atomic mass is 10.1. The number of carboxylic acids is 1. The van der Waals surface area contributed by atoms with E-state index in [4.69, 9.17) is 5.11 Å². The first-order valence-electron chi connectivity index (χ1n) is 3.80. The molecule has 0 aliphatic heterocycles. The Morgan fingerprint density at radius 3 is 2.77 bits per heavy atom. The highest BCUT2D eigenvalue weighted by Crippen LogP contribution is 2.19. The summed E-state index contributed by atoms with van der Waals surface area (Å²) in [5.41, 5.74) is 1.18. The van der Waals surface area contributed by atoms with Crippen LogP contribution in [0, 0.1) is 0 Å². The molecule has 0 aliphatic carbocycles. The summed E-state index contributed by atoms with van der Waals surface area (Å²) < 4.78 is 0.899. The van der Waals surface area contributed by atoms with Gasteiger partial charge in [-0.2, -0.15) is 0 Å². The second-order valence-electron chi connectivity index (χ2n) is 2.54. The molecular formula is C10H9BrO2. The minimum absolute atomic E-state index is 0.302. The second-order valence-corrected chi connectivity index (χ2v) is 3.40. The van der Waals surface area contributed by atoms with Crippen LogP contribution in [0.4, 0.5) is 0 Å². The zero-order valence-corrected chi connectivity index (χ0v) is 8.71. The first kappa shape index (κ1) is 9.99. The van der Waals surface area contributed by atoms with Crippen molar-refractivity contribution in [3.8, 4) is 0 Å². The summed E-state index contributed by atoms with van der Waals surface area (Å²) in [7, 11) is 0. The summed E-state index contributed by atoms with van der Waals surface area (Å²) in [4.78, 5) is 10.6. The summed E-state index contributed by atoms with van der Waals surface area (Å²) in [6.07, 6.45) is 3.72. The van der Waals surface area contributed by atoms with Crippen molar-refractivity contribution in [1.29, 1.82) is 0 Å². The highest BCUT2D eigenvalue weighted by molar-refractivity contribution is 9.10. The van der Waals surface area contributed by atoms with Gasteiger partial charge in [-0.05, 0) is 30.7 Å². The zero-order chi connectivity index (χ0) is 9.84. The average Bonchev–Trinajstić information content (AvgIpc) is 2.08. The van der Waals surface area contributed by atoms with Gasteiger partial charge in [0.1, 0.15) is 0 Å². The van der Waals surface area contributed by atoms with Gasteiger partial charge in [0.05, 0.1) is 5.56 Å². The molecular weight excluding hydrogens is 232 g/mol. The van der Waals surface area contributed by atoms with Crippen LogP contribution in [0.5, 0.6) is 0 Å². The molecule has 0 bridgehead atoms. The molecule has 0 unspecified atom stereocenters. The fraction of sp³-hybridized carbons (Fsp3) is 0.100. The molecule has 0 amide bonds. The smallest absolute Gasteiger partial charge is 0.335 e. The molecule has 0 atom stereocenters. The lowest BCUT2D eigenvalue weighted by Crippen LogP contribution is -1.96. The fourth-order valence-electron chi connectivity index (χ4n) is 0.984. The molecule has 2 nitrogen and oxygen atoms in total. The SMILES string of the molecule is C/C=C/c1cc(C(=O)O)ccc1Br. The van der Waals surface area contributed by atoms with Crippen LogP contribution in [0.25, 0.3) is 6.08 Å². The Labute approximate surface area is 85.0 Å². The van der Waals surface area contributed by atoms with Crippen LogP contribution < -0.4 is 0 Å². The van der Waals surface area contributed by atoms with Crippen LogP contribution >= 0.6 is 15.9 Å². The molecule has 68 valence electrons. The number of carboxylic acid groups (broad SMARTS) is 1. The van der Waals surface area contributed by atoms with E-state index in [2.05, 4.69) is 15.9 Å². The third kappa shape index (κ3) is 2.42. The topological polar surface area (TPSA) is 37.3 Å². The highest BCUT2D eigenvalue weighted by atomic mass is 79.9. The van der Waals surface area contributed by atoms with Crippen LogP contribution in [-0.4, -0.2) is 11.1 Å². The minimum Gasteiger partial charge on any atom is -0.478 e. The van der Waals surface area contributed by atoms with Gasteiger partial charge in [-0.25, -0.2) is 4.79 Å². The number of hydrogen-bond acceptors (Lipinski definition) is 1. The summed E-state index contributed by atoms with van der Waals surface area (Å²) in [6, 6.07) is 4.94. The Hall–Kier alpha value is -1.09. The molecule has 0 radical (unpaired) electrons. The Balaban J connectivity index is 3.18. The van der Waals surface area contributed by atoms with Crippen molar-refractivity contribution in [3.05, 3.63) is 39.9 Å².